The molecule has 0 spiro atoms. The summed E-state index contributed by atoms with van der Waals surface area (Å²) < 4.78 is 29.8. The molecule has 1 fully saturated rings. The zero-order chi connectivity index (χ0) is 24.6. The van der Waals surface area contributed by atoms with E-state index in [4.69, 9.17) is 0 Å². The Hall–Kier alpha value is -3.04. The number of aromatic nitrogens is 2. The second-order valence-corrected chi connectivity index (χ2v) is 10.8. The van der Waals surface area contributed by atoms with Gasteiger partial charge in [-0.3, -0.25) is 9.59 Å². The van der Waals surface area contributed by atoms with Crippen LogP contribution in [0.1, 0.15) is 56.1 Å². The molecule has 2 aromatic heterocycles. The summed E-state index contributed by atoms with van der Waals surface area (Å²) >= 11 is 0. The third-order valence-electron chi connectivity index (χ3n) is 6.45. The summed E-state index contributed by atoms with van der Waals surface area (Å²) in [7, 11) is -3.64. The molecule has 3 heterocycles. The van der Waals surface area contributed by atoms with Gasteiger partial charge < -0.3 is 9.88 Å². The Bertz CT molecular complexity index is 1390. The van der Waals surface area contributed by atoms with Crippen LogP contribution in [0, 0.1) is 6.92 Å². The maximum atomic E-state index is 13.2. The van der Waals surface area contributed by atoms with Crippen molar-refractivity contribution in [2.24, 2.45) is 0 Å². The second kappa shape index (κ2) is 9.31. The predicted molar refractivity (Wildman–Crippen MR) is 133 cm³/mol. The molecule has 4 rings (SSSR count). The molecule has 0 unspecified atom stereocenters. The number of sulfonamides is 1. The highest BCUT2D eigenvalue weighted by atomic mass is 32.2. The molecule has 3 aromatic rings. The summed E-state index contributed by atoms with van der Waals surface area (Å²) in [5, 5.41) is 3.10. The van der Waals surface area contributed by atoms with Crippen molar-refractivity contribution in [3.05, 3.63) is 64.1 Å². The Balaban J connectivity index is 1.60. The molecule has 180 valence electrons. The topological polar surface area (TPSA) is 101 Å². The summed E-state index contributed by atoms with van der Waals surface area (Å²) in [6.07, 6.45) is 4.22. The van der Waals surface area contributed by atoms with E-state index in [9.17, 15) is 18.0 Å². The molecule has 1 saturated heterocycles. The number of pyridine rings is 2. The first-order chi connectivity index (χ1) is 16.1. The van der Waals surface area contributed by atoms with Gasteiger partial charge in [-0.15, -0.1) is 0 Å². The van der Waals surface area contributed by atoms with Gasteiger partial charge in [0.25, 0.3) is 5.91 Å². The van der Waals surface area contributed by atoms with Crippen LogP contribution in [0.2, 0.25) is 0 Å². The smallest absolute Gasteiger partial charge is 0.261 e. The Kier molecular flexibility index (Phi) is 6.60. The van der Waals surface area contributed by atoms with Gasteiger partial charge in [0.05, 0.1) is 10.3 Å². The first kappa shape index (κ1) is 24.1. The van der Waals surface area contributed by atoms with Crippen LogP contribution in [0.25, 0.3) is 11.0 Å². The minimum absolute atomic E-state index is 0.00710. The molecular formula is C25H30N4O4S. The van der Waals surface area contributed by atoms with Crippen LogP contribution in [0.5, 0.6) is 0 Å². The molecule has 2 atom stereocenters. The number of hydrogen-bond donors (Lipinski definition) is 1. The number of hydrogen-bond acceptors (Lipinski definition) is 5. The van der Waals surface area contributed by atoms with E-state index in [2.05, 4.69) is 10.3 Å². The zero-order valence-corrected chi connectivity index (χ0v) is 20.7. The largest absolute Gasteiger partial charge is 0.332 e. The average Bonchev–Trinajstić information content (AvgIpc) is 2.79. The van der Waals surface area contributed by atoms with Crippen LogP contribution in [0.15, 0.2) is 52.3 Å². The number of amides is 1. The van der Waals surface area contributed by atoms with Crippen LogP contribution < -0.4 is 10.7 Å². The normalized spacial score (nSPS) is 19.3. The quantitative estimate of drug-likeness (QED) is 0.594. The number of piperidine rings is 1. The molecule has 1 aromatic carbocycles. The van der Waals surface area contributed by atoms with E-state index in [0.29, 0.717) is 23.3 Å². The van der Waals surface area contributed by atoms with Gasteiger partial charge in [-0.05, 0) is 76.9 Å². The molecule has 0 bridgehead atoms. The minimum atomic E-state index is -3.64. The average molecular weight is 483 g/mol. The van der Waals surface area contributed by atoms with Crippen molar-refractivity contribution >= 4 is 32.7 Å². The van der Waals surface area contributed by atoms with Gasteiger partial charge in [0.1, 0.15) is 11.2 Å². The van der Waals surface area contributed by atoms with Gasteiger partial charge in [-0.25, -0.2) is 13.4 Å². The number of anilines is 1. The summed E-state index contributed by atoms with van der Waals surface area (Å²) in [6.45, 7) is 8.18. The third kappa shape index (κ3) is 4.37. The number of carbonyl (C=O) groups excluding carboxylic acids is 1. The van der Waals surface area contributed by atoms with E-state index in [1.54, 1.807) is 33.1 Å². The summed E-state index contributed by atoms with van der Waals surface area (Å²) in [5.74, 6) is -0.552. The highest BCUT2D eigenvalue weighted by molar-refractivity contribution is 7.89. The lowest BCUT2D eigenvalue weighted by Gasteiger charge is -2.37. The van der Waals surface area contributed by atoms with Gasteiger partial charge in [0.15, 0.2) is 0 Å². The van der Waals surface area contributed by atoms with Crippen LogP contribution >= 0.6 is 0 Å². The van der Waals surface area contributed by atoms with Crippen molar-refractivity contribution < 1.29 is 13.2 Å². The summed E-state index contributed by atoms with van der Waals surface area (Å²) in [6, 6.07) is 9.41. The van der Waals surface area contributed by atoms with E-state index in [1.807, 2.05) is 27.7 Å². The van der Waals surface area contributed by atoms with Crippen LogP contribution in [-0.2, 0) is 16.6 Å². The molecule has 1 amide bonds. The molecule has 9 heteroatoms. The number of aryl methyl sites for hydroxylation is 2. The fourth-order valence-corrected chi connectivity index (χ4v) is 6.55. The number of nitrogens with one attached hydrogen (secondary N) is 1. The molecule has 1 aliphatic heterocycles. The Morgan fingerprint density at radius 1 is 1.09 bits per heavy atom. The highest BCUT2D eigenvalue weighted by Gasteiger charge is 2.35. The Labute approximate surface area is 199 Å². The molecule has 0 aliphatic carbocycles. The lowest BCUT2D eigenvalue weighted by Crippen LogP contribution is -2.47. The summed E-state index contributed by atoms with van der Waals surface area (Å²) in [5.41, 5.74) is 1.35. The Morgan fingerprint density at radius 3 is 2.35 bits per heavy atom. The first-order valence-electron chi connectivity index (χ1n) is 11.6. The lowest BCUT2D eigenvalue weighted by molar-refractivity contribution is 0.102. The van der Waals surface area contributed by atoms with E-state index >= 15 is 0 Å². The van der Waals surface area contributed by atoms with E-state index in [-0.39, 0.29) is 22.5 Å². The number of benzene rings is 1. The lowest BCUT2D eigenvalue weighted by atomic mass is 10.0. The molecule has 8 nitrogen and oxygen atoms in total. The standard InChI is InChI=1S/C25H30N4O4S/c1-5-28-15-22(23(30)21-14-9-16(2)26-24(21)28)25(31)27-19-10-12-20(13-11-19)34(32,33)29-17(3)7-6-8-18(29)4/h9-15,17-18H,5-8H2,1-4H3,(H,27,31)/t17-,18-/m1/s1. The third-order valence-corrected chi connectivity index (χ3v) is 8.59. The molecular weight excluding hydrogens is 452 g/mol. The van der Waals surface area contributed by atoms with Crippen molar-refractivity contribution in [2.45, 2.75) is 70.5 Å². The predicted octanol–water partition coefficient (Wildman–Crippen LogP) is 3.93. The van der Waals surface area contributed by atoms with Gasteiger partial charge >= 0.3 is 0 Å². The van der Waals surface area contributed by atoms with Crippen molar-refractivity contribution in [1.29, 1.82) is 0 Å². The SMILES string of the molecule is CCn1cc(C(=O)Nc2ccc(S(=O)(=O)N3[C@H](C)CCC[C@H]3C)cc2)c(=O)c2ccc(C)nc21. The maximum Gasteiger partial charge on any atom is 0.261 e. The summed E-state index contributed by atoms with van der Waals surface area (Å²) in [4.78, 5) is 30.6. The molecule has 34 heavy (non-hydrogen) atoms. The number of carbonyl (C=O) groups is 1. The van der Waals surface area contributed by atoms with E-state index < -0.39 is 21.4 Å². The highest BCUT2D eigenvalue weighted by Crippen LogP contribution is 2.30. The van der Waals surface area contributed by atoms with Gasteiger partial charge in [-0.1, -0.05) is 6.42 Å². The van der Waals surface area contributed by atoms with Gasteiger partial charge in [-0.2, -0.15) is 4.31 Å². The van der Waals surface area contributed by atoms with Gasteiger partial charge in [0.2, 0.25) is 15.5 Å². The van der Waals surface area contributed by atoms with Crippen molar-refractivity contribution in [2.75, 3.05) is 5.32 Å². The minimum Gasteiger partial charge on any atom is -0.332 e. The Morgan fingerprint density at radius 2 is 1.74 bits per heavy atom. The first-order valence-corrected chi connectivity index (χ1v) is 13.0. The zero-order valence-electron chi connectivity index (χ0n) is 19.9. The number of rotatable bonds is 5. The van der Waals surface area contributed by atoms with Crippen molar-refractivity contribution in [3.8, 4) is 0 Å². The van der Waals surface area contributed by atoms with Crippen molar-refractivity contribution in [3.63, 3.8) is 0 Å². The number of nitrogens with zero attached hydrogens (tertiary/aromatic N) is 3. The van der Waals surface area contributed by atoms with Crippen LogP contribution in [0.4, 0.5) is 5.69 Å². The second-order valence-electron chi connectivity index (χ2n) is 8.92. The van der Waals surface area contributed by atoms with Gasteiger partial charge in [0, 0.05) is 36.2 Å². The molecule has 0 radical (unpaired) electrons. The van der Waals surface area contributed by atoms with E-state index in [1.165, 1.54) is 18.3 Å². The molecule has 1 aliphatic rings. The van der Waals surface area contributed by atoms with Crippen LogP contribution in [-0.4, -0.2) is 40.3 Å². The molecule has 0 saturated carbocycles. The van der Waals surface area contributed by atoms with Crippen molar-refractivity contribution in [1.82, 2.24) is 13.9 Å². The maximum absolute atomic E-state index is 13.2. The number of fused-ring (bicyclic) bond motifs is 1. The fraction of sp³-hybridized carbons (Fsp3) is 0.400. The molecule has 1 N–H and O–H groups in total. The van der Waals surface area contributed by atoms with Crippen LogP contribution in [0.3, 0.4) is 0 Å². The van der Waals surface area contributed by atoms with E-state index in [0.717, 1.165) is 25.0 Å². The monoisotopic (exact) mass is 482 g/mol. The fourth-order valence-electron chi connectivity index (χ4n) is 4.66.